The van der Waals surface area contributed by atoms with Crippen LogP contribution in [0.25, 0.3) is 0 Å². The van der Waals surface area contributed by atoms with Gasteiger partial charge in [0.2, 0.25) is 0 Å². The van der Waals surface area contributed by atoms with Crippen LogP contribution in [0.3, 0.4) is 0 Å². The molecule has 0 saturated carbocycles. The summed E-state index contributed by atoms with van der Waals surface area (Å²) >= 11 is 0. The van der Waals surface area contributed by atoms with Crippen LogP contribution in [0.2, 0.25) is 0 Å². The SMILES string of the molecule is CC(CO)(NS(=O)(=O)NCC(F)(F)F)c1ccccc1. The van der Waals surface area contributed by atoms with Crippen LogP contribution in [-0.4, -0.2) is 32.9 Å². The van der Waals surface area contributed by atoms with Crippen LogP contribution in [0.4, 0.5) is 13.2 Å². The van der Waals surface area contributed by atoms with E-state index in [-0.39, 0.29) is 0 Å². The van der Waals surface area contributed by atoms with Gasteiger partial charge < -0.3 is 5.11 Å². The van der Waals surface area contributed by atoms with E-state index in [9.17, 15) is 26.7 Å². The Bertz CT molecular complexity index is 534. The number of hydrogen-bond acceptors (Lipinski definition) is 3. The molecule has 1 atom stereocenters. The van der Waals surface area contributed by atoms with E-state index >= 15 is 0 Å². The molecule has 0 heterocycles. The van der Waals surface area contributed by atoms with Gasteiger partial charge in [-0.1, -0.05) is 30.3 Å². The van der Waals surface area contributed by atoms with E-state index in [1.807, 2.05) is 4.72 Å². The molecule has 114 valence electrons. The first-order chi connectivity index (χ1) is 9.08. The summed E-state index contributed by atoms with van der Waals surface area (Å²) in [7, 11) is -4.41. The molecule has 1 unspecified atom stereocenters. The van der Waals surface area contributed by atoms with Gasteiger partial charge in [-0.3, -0.25) is 0 Å². The summed E-state index contributed by atoms with van der Waals surface area (Å²) in [5, 5.41) is 9.35. The number of halogens is 3. The van der Waals surface area contributed by atoms with E-state index in [1.54, 1.807) is 30.3 Å². The van der Waals surface area contributed by atoms with Crippen LogP contribution in [0, 0.1) is 0 Å². The first kappa shape index (κ1) is 16.9. The summed E-state index contributed by atoms with van der Waals surface area (Å²) in [6.07, 6.45) is -4.66. The molecule has 0 aliphatic carbocycles. The lowest BCUT2D eigenvalue weighted by Crippen LogP contribution is -2.52. The minimum atomic E-state index is -4.66. The van der Waals surface area contributed by atoms with Crippen LogP contribution in [-0.2, 0) is 15.7 Å². The van der Waals surface area contributed by atoms with Crippen molar-refractivity contribution in [2.75, 3.05) is 13.2 Å². The highest BCUT2D eigenvalue weighted by Crippen LogP contribution is 2.21. The minimum Gasteiger partial charge on any atom is -0.394 e. The zero-order valence-corrected chi connectivity index (χ0v) is 11.4. The van der Waals surface area contributed by atoms with Crippen LogP contribution in [0.1, 0.15) is 12.5 Å². The predicted octanol–water partition coefficient (Wildman–Crippen LogP) is 0.880. The number of rotatable bonds is 6. The van der Waals surface area contributed by atoms with E-state index < -0.39 is 35.1 Å². The number of nitrogens with one attached hydrogen (secondary N) is 2. The summed E-state index contributed by atoms with van der Waals surface area (Å²) in [5.74, 6) is 0. The van der Waals surface area contributed by atoms with E-state index in [0.29, 0.717) is 5.56 Å². The van der Waals surface area contributed by atoms with Gasteiger partial charge in [-0.05, 0) is 12.5 Å². The highest BCUT2D eigenvalue weighted by Gasteiger charge is 2.34. The van der Waals surface area contributed by atoms with Gasteiger partial charge in [0.05, 0.1) is 12.1 Å². The van der Waals surface area contributed by atoms with Gasteiger partial charge in [0.25, 0.3) is 10.2 Å². The molecular weight excluding hydrogens is 297 g/mol. The Hall–Kier alpha value is -1.16. The summed E-state index contributed by atoms with van der Waals surface area (Å²) in [4.78, 5) is 0. The monoisotopic (exact) mass is 312 g/mol. The quantitative estimate of drug-likeness (QED) is 0.730. The maximum atomic E-state index is 12.0. The number of benzene rings is 1. The smallest absolute Gasteiger partial charge is 0.394 e. The molecule has 0 spiro atoms. The predicted molar refractivity (Wildman–Crippen MR) is 67.0 cm³/mol. The van der Waals surface area contributed by atoms with Crippen LogP contribution < -0.4 is 9.44 Å². The molecule has 1 aromatic carbocycles. The summed E-state index contributed by atoms with van der Waals surface area (Å²) in [5.41, 5.74) is -0.988. The number of aliphatic hydroxyl groups is 1. The van der Waals surface area contributed by atoms with Gasteiger partial charge in [-0.25, -0.2) is 0 Å². The summed E-state index contributed by atoms with van der Waals surface area (Å²) in [6, 6.07) is 8.06. The van der Waals surface area contributed by atoms with Crippen molar-refractivity contribution in [3.8, 4) is 0 Å². The second kappa shape index (κ2) is 6.08. The Kier molecular flexibility index (Phi) is 5.14. The Labute approximate surface area is 115 Å². The third kappa shape index (κ3) is 5.08. The summed E-state index contributed by atoms with van der Waals surface area (Å²) in [6.45, 7) is -0.919. The molecule has 1 rings (SSSR count). The zero-order chi connectivity index (χ0) is 15.4. The fraction of sp³-hybridized carbons (Fsp3) is 0.455. The molecule has 1 aromatic rings. The van der Waals surface area contributed by atoms with Gasteiger partial charge >= 0.3 is 6.18 Å². The van der Waals surface area contributed by atoms with Crippen molar-refractivity contribution in [1.29, 1.82) is 0 Å². The molecule has 0 bridgehead atoms. The topological polar surface area (TPSA) is 78.4 Å². The standard InChI is InChI=1S/C11H15F3N2O3S/c1-10(8-17,9-5-3-2-4-6-9)16-20(18,19)15-7-11(12,13)14/h2-6,15-17H,7-8H2,1H3. The lowest BCUT2D eigenvalue weighted by atomic mass is 9.94. The Morgan fingerprint density at radius 3 is 2.20 bits per heavy atom. The fourth-order valence-corrected chi connectivity index (χ4v) is 2.70. The molecular formula is C11H15F3N2O3S. The highest BCUT2D eigenvalue weighted by atomic mass is 32.2. The average Bonchev–Trinajstić information content (AvgIpc) is 2.36. The molecule has 0 aromatic heterocycles. The van der Waals surface area contributed by atoms with E-state index in [0.717, 1.165) is 0 Å². The number of alkyl halides is 3. The van der Waals surface area contributed by atoms with Crippen molar-refractivity contribution in [3.05, 3.63) is 35.9 Å². The average molecular weight is 312 g/mol. The molecule has 5 nitrogen and oxygen atoms in total. The largest absolute Gasteiger partial charge is 0.402 e. The molecule has 0 saturated heterocycles. The van der Waals surface area contributed by atoms with Crippen molar-refractivity contribution in [1.82, 2.24) is 9.44 Å². The third-order valence-corrected chi connectivity index (χ3v) is 3.79. The van der Waals surface area contributed by atoms with Gasteiger partial charge in [0, 0.05) is 0 Å². The second-order valence-corrected chi connectivity index (χ2v) is 5.90. The van der Waals surface area contributed by atoms with Gasteiger partial charge in [-0.2, -0.15) is 31.0 Å². The zero-order valence-electron chi connectivity index (χ0n) is 10.6. The molecule has 20 heavy (non-hydrogen) atoms. The van der Waals surface area contributed by atoms with Crippen LogP contribution in [0.5, 0.6) is 0 Å². The van der Waals surface area contributed by atoms with E-state index in [2.05, 4.69) is 0 Å². The molecule has 0 aliphatic rings. The van der Waals surface area contributed by atoms with Gasteiger partial charge in [-0.15, -0.1) is 0 Å². The van der Waals surface area contributed by atoms with E-state index in [1.165, 1.54) is 11.6 Å². The van der Waals surface area contributed by atoms with Gasteiger partial charge in [0.15, 0.2) is 0 Å². The normalized spacial score (nSPS) is 15.8. The number of aliphatic hydroxyl groups excluding tert-OH is 1. The van der Waals surface area contributed by atoms with Gasteiger partial charge in [0.1, 0.15) is 6.54 Å². The molecule has 0 aliphatic heterocycles. The number of hydrogen-bond donors (Lipinski definition) is 3. The minimum absolute atomic E-state index is 0.430. The van der Waals surface area contributed by atoms with E-state index in [4.69, 9.17) is 0 Å². The maximum Gasteiger partial charge on any atom is 0.402 e. The second-order valence-electron chi connectivity index (χ2n) is 4.40. The Morgan fingerprint density at radius 2 is 1.75 bits per heavy atom. The Balaban J connectivity index is 2.88. The fourth-order valence-electron chi connectivity index (χ4n) is 1.50. The van der Waals surface area contributed by atoms with Crippen LogP contribution in [0.15, 0.2) is 30.3 Å². The van der Waals surface area contributed by atoms with Crippen LogP contribution >= 0.6 is 0 Å². The third-order valence-electron chi connectivity index (χ3n) is 2.55. The van der Waals surface area contributed by atoms with Crippen molar-refractivity contribution in [2.24, 2.45) is 0 Å². The van der Waals surface area contributed by atoms with Crippen molar-refractivity contribution >= 4 is 10.2 Å². The van der Waals surface area contributed by atoms with Crippen molar-refractivity contribution in [2.45, 2.75) is 18.6 Å². The maximum absolute atomic E-state index is 12.0. The lowest BCUT2D eigenvalue weighted by molar-refractivity contribution is -0.121. The molecule has 0 fully saturated rings. The Morgan fingerprint density at radius 1 is 1.20 bits per heavy atom. The van der Waals surface area contributed by atoms with Crippen molar-refractivity contribution in [3.63, 3.8) is 0 Å². The lowest BCUT2D eigenvalue weighted by Gasteiger charge is -2.29. The molecule has 3 N–H and O–H groups in total. The molecule has 9 heteroatoms. The molecule has 0 amide bonds. The first-order valence-electron chi connectivity index (χ1n) is 5.60. The highest BCUT2D eigenvalue weighted by molar-refractivity contribution is 7.87. The first-order valence-corrected chi connectivity index (χ1v) is 7.08. The summed E-state index contributed by atoms with van der Waals surface area (Å²) < 4.78 is 62.6. The molecule has 0 radical (unpaired) electrons. The van der Waals surface area contributed by atoms with Crippen molar-refractivity contribution < 1.29 is 26.7 Å².